The van der Waals surface area contributed by atoms with Crippen LogP contribution in [0.3, 0.4) is 0 Å². The van der Waals surface area contributed by atoms with E-state index in [2.05, 4.69) is 0 Å². The monoisotopic (exact) mass is 92.0 g/mol. The molecule has 1 rings (SSSR count). The van der Waals surface area contributed by atoms with Crippen molar-refractivity contribution in [1.82, 2.24) is 0 Å². The van der Waals surface area contributed by atoms with Crippen LogP contribution in [0.15, 0.2) is 30.6 Å². The molecule has 1 aromatic rings. The third-order valence-electron chi connectivity index (χ3n) is 0.739. The molecule has 0 amide bonds. The molecule has 0 N–H and O–H groups in total. The van der Waals surface area contributed by atoms with E-state index in [0.717, 1.165) is 0 Å². The smallest absolute Gasteiger partial charge is 0.189 e. The van der Waals surface area contributed by atoms with Crippen LogP contribution < -0.4 is 4.57 Å². The summed E-state index contributed by atoms with van der Waals surface area (Å²) in [7, 11) is 5.27. The number of rotatable bonds is 0. The average molecular weight is 92.1 g/mol. The fraction of sp³-hybridized carbons (Fsp3) is 0. The Labute approximate surface area is 43.2 Å². The molecule has 1 heterocycles. The Bertz CT molecular complexity index is 134. The van der Waals surface area contributed by atoms with E-state index in [-0.39, 0.29) is 0 Å². The zero-order valence-corrected chi connectivity index (χ0v) is 3.91. The topological polar surface area (TPSA) is 3.88 Å². The molecule has 0 fully saturated rings. The molecule has 0 aliphatic heterocycles. The van der Waals surface area contributed by atoms with Crippen LogP contribution in [0.5, 0.6) is 0 Å². The highest BCUT2D eigenvalue weighted by Gasteiger charge is 1.80. The summed E-state index contributed by atoms with van der Waals surface area (Å²) in [6.07, 6.45) is 3.56. The zero-order chi connectivity index (χ0) is 5.11. The molecule has 0 atom stereocenters. The van der Waals surface area contributed by atoms with Crippen molar-refractivity contribution in [3.63, 3.8) is 0 Å². The van der Waals surface area contributed by atoms with Gasteiger partial charge in [0.2, 0.25) is 0 Å². The molecule has 0 bridgehead atoms. The van der Waals surface area contributed by atoms with Crippen molar-refractivity contribution in [2.75, 3.05) is 0 Å². The lowest BCUT2D eigenvalue weighted by Gasteiger charge is -1.75. The molecule has 0 aliphatic carbocycles. The predicted octanol–water partition coefficient (Wildman–Crippen LogP) is 0.491. The molecule has 0 unspecified atom stereocenters. The summed E-state index contributed by atoms with van der Waals surface area (Å²) in [5.41, 5.74) is 0. The van der Waals surface area contributed by atoms with Gasteiger partial charge in [-0.05, 0) is 0 Å². The molecular formula is C6H6N+. The van der Waals surface area contributed by atoms with Gasteiger partial charge in [-0.3, -0.25) is 0 Å². The number of nitrogens with zero attached hydrogens (tertiary/aromatic N) is 1. The van der Waals surface area contributed by atoms with Gasteiger partial charge in [-0.25, -0.2) is 0 Å². The maximum Gasteiger partial charge on any atom is 0.294 e. The second-order valence-corrected chi connectivity index (χ2v) is 1.32. The van der Waals surface area contributed by atoms with Crippen LogP contribution in [0.2, 0.25) is 0 Å². The van der Waals surface area contributed by atoms with E-state index >= 15 is 0 Å². The first-order chi connectivity index (χ1) is 3.39. The summed E-state index contributed by atoms with van der Waals surface area (Å²) in [4.78, 5) is 0. The van der Waals surface area contributed by atoms with Crippen molar-refractivity contribution in [3.8, 4) is 0 Å². The second-order valence-electron chi connectivity index (χ2n) is 1.32. The maximum absolute atomic E-state index is 5.27. The van der Waals surface area contributed by atoms with E-state index in [4.69, 9.17) is 7.05 Å². The normalized spacial score (nSPS) is 8.71. The van der Waals surface area contributed by atoms with Gasteiger partial charge in [0.05, 0.1) is 0 Å². The number of hydrogen-bond acceptors (Lipinski definition) is 0. The molecular weight excluding hydrogens is 86.1 g/mol. The Morgan fingerprint density at radius 1 is 1.00 bits per heavy atom. The molecule has 0 saturated heterocycles. The summed E-state index contributed by atoms with van der Waals surface area (Å²) >= 11 is 0. The largest absolute Gasteiger partial charge is 0.294 e. The fourth-order valence-electron chi connectivity index (χ4n) is 0.412. The molecule has 1 heteroatoms. The quantitative estimate of drug-likeness (QED) is 0.410. The summed E-state index contributed by atoms with van der Waals surface area (Å²) in [5.74, 6) is 0. The van der Waals surface area contributed by atoms with Crippen molar-refractivity contribution >= 4 is 0 Å². The van der Waals surface area contributed by atoms with Gasteiger partial charge in [0.15, 0.2) is 12.4 Å². The van der Waals surface area contributed by atoms with E-state index in [9.17, 15) is 0 Å². The molecule has 0 saturated carbocycles. The lowest BCUT2D eigenvalue weighted by molar-refractivity contribution is -0.612. The van der Waals surface area contributed by atoms with Gasteiger partial charge in [0.1, 0.15) is 0 Å². The van der Waals surface area contributed by atoms with E-state index < -0.39 is 0 Å². The van der Waals surface area contributed by atoms with Crippen LogP contribution in [0.1, 0.15) is 0 Å². The van der Waals surface area contributed by atoms with Crippen LogP contribution >= 0.6 is 0 Å². The highest BCUT2D eigenvalue weighted by molar-refractivity contribution is 4.83. The molecule has 0 aliphatic rings. The number of hydrogen-bond donors (Lipinski definition) is 0. The van der Waals surface area contributed by atoms with Crippen LogP contribution in [0, 0.1) is 7.05 Å². The van der Waals surface area contributed by atoms with Crippen molar-refractivity contribution in [2.24, 2.45) is 0 Å². The van der Waals surface area contributed by atoms with Crippen LogP contribution in [0.4, 0.5) is 0 Å². The van der Waals surface area contributed by atoms with Crippen LogP contribution in [0.25, 0.3) is 0 Å². The standard InChI is InChI=1S/C6H6N/c1-7-5-3-2-4-6-7/h1-6H/q+1. The minimum absolute atomic E-state index is 1.50. The predicted molar refractivity (Wildman–Crippen MR) is 26.3 cm³/mol. The second kappa shape index (κ2) is 1.73. The third-order valence-corrected chi connectivity index (χ3v) is 0.739. The first kappa shape index (κ1) is 4.31. The highest BCUT2D eigenvalue weighted by Crippen LogP contribution is 1.72. The number of pyridine rings is 1. The van der Waals surface area contributed by atoms with Gasteiger partial charge in [0.25, 0.3) is 7.05 Å². The van der Waals surface area contributed by atoms with Gasteiger partial charge in [0, 0.05) is 12.1 Å². The summed E-state index contributed by atoms with van der Waals surface area (Å²) in [5, 5.41) is 0. The Morgan fingerprint density at radius 2 is 1.57 bits per heavy atom. The van der Waals surface area contributed by atoms with Crippen LogP contribution in [-0.4, -0.2) is 0 Å². The van der Waals surface area contributed by atoms with Gasteiger partial charge < -0.3 is 0 Å². The Balaban J connectivity index is 3.02. The highest BCUT2D eigenvalue weighted by atomic mass is 14.9. The zero-order valence-electron chi connectivity index (χ0n) is 3.91. The fourth-order valence-corrected chi connectivity index (χ4v) is 0.412. The first-order valence-electron chi connectivity index (χ1n) is 2.11. The van der Waals surface area contributed by atoms with Gasteiger partial charge >= 0.3 is 0 Å². The lowest BCUT2D eigenvalue weighted by atomic mass is 10.5. The minimum atomic E-state index is 1.50. The Kier molecular flexibility index (Phi) is 1.07. The van der Waals surface area contributed by atoms with Crippen molar-refractivity contribution in [3.05, 3.63) is 37.6 Å². The average Bonchev–Trinajstić information content (AvgIpc) is 1.69. The van der Waals surface area contributed by atoms with E-state index in [1.807, 2.05) is 18.2 Å². The molecule has 1 aromatic heterocycles. The lowest BCUT2D eigenvalue weighted by Crippen LogP contribution is -2.22. The van der Waals surface area contributed by atoms with Gasteiger partial charge in [-0.1, -0.05) is 6.07 Å². The van der Waals surface area contributed by atoms with E-state index in [1.165, 1.54) is 4.57 Å². The molecule has 0 aromatic carbocycles. The molecule has 1 nitrogen and oxygen atoms in total. The van der Waals surface area contributed by atoms with Gasteiger partial charge in [-0.2, -0.15) is 4.57 Å². The number of aromatic nitrogens is 1. The maximum atomic E-state index is 5.27. The van der Waals surface area contributed by atoms with Crippen molar-refractivity contribution in [2.45, 2.75) is 0 Å². The Morgan fingerprint density at radius 3 is 1.86 bits per heavy atom. The summed E-state index contributed by atoms with van der Waals surface area (Å²) < 4.78 is 1.50. The molecule has 2 radical (unpaired) electrons. The summed E-state index contributed by atoms with van der Waals surface area (Å²) in [6, 6.07) is 5.67. The van der Waals surface area contributed by atoms with E-state index in [1.54, 1.807) is 12.4 Å². The summed E-state index contributed by atoms with van der Waals surface area (Å²) in [6.45, 7) is 0. The van der Waals surface area contributed by atoms with Crippen LogP contribution in [-0.2, 0) is 0 Å². The molecule has 34 valence electrons. The Hall–Kier alpha value is -0.850. The molecule has 0 spiro atoms. The van der Waals surface area contributed by atoms with Gasteiger partial charge in [-0.15, -0.1) is 0 Å². The molecule has 7 heavy (non-hydrogen) atoms. The van der Waals surface area contributed by atoms with Crippen molar-refractivity contribution < 1.29 is 4.57 Å². The SMILES string of the molecule is [CH][n+]1ccccc1. The van der Waals surface area contributed by atoms with E-state index in [0.29, 0.717) is 0 Å². The minimum Gasteiger partial charge on any atom is -0.189 e. The van der Waals surface area contributed by atoms with Crippen molar-refractivity contribution in [1.29, 1.82) is 0 Å². The first-order valence-corrected chi connectivity index (χ1v) is 2.11. The third kappa shape index (κ3) is 1.000.